The minimum atomic E-state index is -0.693. The maximum atomic E-state index is 11.9. The standard InChI is InChI=1S/C20H20N4O3/c1-27-14-9-7-13(8-10-14)24-19(22-23-20(24)18(21)26)16-11-6-12-4-2-3-5-15(12)17(16)25/h6-11,25H,2-5H2,1H3,(H2,21,26). The Morgan fingerprint density at radius 2 is 1.85 bits per heavy atom. The van der Waals surface area contributed by atoms with Crippen molar-refractivity contribution in [3.8, 4) is 28.6 Å². The summed E-state index contributed by atoms with van der Waals surface area (Å²) in [5.41, 5.74) is 8.80. The predicted molar refractivity (Wildman–Crippen MR) is 100 cm³/mol. The first-order valence-corrected chi connectivity index (χ1v) is 8.84. The summed E-state index contributed by atoms with van der Waals surface area (Å²) in [6, 6.07) is 11.0. The molecule has 0 bridgehead atoms. The highest BCUT2D eigenvalue weighted by molar-refractivity contribution is 5.91. The zero-order valence-corrected chi connectivity index (χ0v) is 15.0. The molecule has 0 fully saturated rings. The van der Waals surface area contributed by atoms with Crippen molar-refractivity contribution < 1.29 is 14.6 Å². The molecule has 2 aromatic carbocycles. The molecule has 3 N–H and O–H groups in total. The fourth-order valence-electron chi connectivity index (χ4n) is 3.58. The maximum Gasteiger partial charge on any atom is 0.287 e. The number of methoxy groups -OCH3 is 1. The van der Waals surface area contributed by atoms with Crippen LogP contribution in [0.25, 0.3) is 17.1 Å². The molecule has 0 aliphatic heterocycles. The number of fused-ring (bicyclic) bond motifs is 1. The summed E-state index contributed by atoms with van der Waals surface area (Å²) in [7, 11) is 1.58. The molecule has 3 aromatic rings. The summed E-state index contributed by atoms with van der Waals surface area (Å²) >= 11 is 0. The lowest BCUT2D eigenvalue weighted by molar-refractivity contribution is 0.0988. The zero-order valence-electron chi connectivity index (χ0n) is 15.0. The number of aromatic nitrogens is 3. The minimum absolute atomic E-state index is 0.00675. The Bertz CT molecular complexity index is 1010. The predicted octanol–water partition coefficient (Wildman–Crippen LogP) is 2.63. The Labute approximate surface area is 156 Å². The van der Waals surface area contributed by atoms with E-state index in [0.717, 1.165) is 36.8 Å². The molecule has 0 spiro atoms. The van der Waals surface area contributed by atoms with E-state index in [2.05, 4.69) is 10.2 Å². The van der Waals surface area contributed by atoms with Crippen LogP contribution in [0, 0.1) is 0 Å². The number of nitrogens with two attached hydrogens (primary N) is 1. The van der Waals surface area contributed by atoms with E-state index in [1.54, 1.807) is 35.9 Å². The van der Waals surface area contributed by atoms with Crippen molar-refractivity contribution in [3.05, 3.63) is 53.3 Å². The van der Waals surface area contributed by atoms with Crippen LogP contribution < -0.4 is 10.5 Å². The Kier molecular flexibility index (Phi) is 4.27. The molecular weight excluding hydrogens is 344 g/mol. The second-order valence-electron chi connectivity index (χ2n) is 6.55. The molecule has 1 aliphatic rings. The van der Waals surface area contributed by atoms with Gasteiger partial charge in [0.25, 0.3) is 5.91 Å². The highest BCUT2D eigenvalue weighted by Gasteiger charge is 2.24. The third-order valence-corrected chi connectivity index (χ3v) is 4.96. The molecule has 7 heteroatoms. The first-order chi connectivity index (χ1) is 13.1. The van der Waals surface area contributed by atoms with E-state index in [4.69, 9.17) is 10.5 Å². The number of phenolic OH excluding ortho intramolecular Hbond substituents is 1. The first-order valence-electron chi connectivity index (χ1n) is 8.84. The van der Waals surface area contributed by atoms with E-state index in [1.807, 2.05) is 12.1 Å². The monoisotopic (exact) mass is 364 g/mol. The van der Waals surface area contributed by atoms with Gasteiger partial charge in [-0.1, -0.05) is 6.07 Å². The molecule has 0 unspecified atom stereocenters. The van der Waals surface area contributed by atoms with Gasteiger partial charge in [-0.3, -0.25) is 9.36 Å². The molecule has 1 aliphatic carbocycles. The molecule has 0 atom stereocenters. The fourth-order valence-corrected chi connectivity index (χ4v) is 3.58. The molecule has 7 nitrogen and oxygen atoms in total. The fraction of sp³-hybridized carbons (Fsp3) is 0.250. The van der Waals surface area contributed by atoms with E-state index in [0.29, 0.717) is 22.8 Å². The number of hydrogen-bond acceptors (Lipinski definition) is 5. The molecule has 1 aromatic heterocycles. The number of aromatic hydroxyl groups is 1. The molecule has 4 rings (SSSR count). The first kappa shape index (κ1) is 17.1. The molecule has 0 saturated carbocycles. The highest BCUT2D eigenvalue weighted by Crippen LogP contribution is 2.38. The third-order valence-electron chi connectivity index (χ3n) is 4.96. The third kappa shape index (κ3) is 2.91. The van der Waals surface area contributed by atoms with Crippen molar-refractivity contribution in [2.45, 2.75) is 25.7 Å². The van der Waals surface area contributed by atoms with Gasteiger partial charge in [-0.05, 0) is 67.1 Å². The van der Waals surface area contributed by atoms with E-state index in [9.17, 15) is 9.90 Å². The van der Waals surface area contributed by atoms with Gasteiger partial charge in [0.05, 0.1) is 12.7 Å². The number of ether oxygens (including phenoxy) is 1. The topological polar surface area (TPSA) is 103 Å². The van der Waals surface area contributed by atoms with Gasteiger partial charge in [-0.25, -0.2) is 0 Å². The van der Waals surface area contributed by atoms with Gasteiger partial charge in [0.2, 0.25) is 5.82 Å². The normalized spacial score (nSPS) is 13.2. The summed E-state index contributed by atoms with van der Waals surface area (Å²) < 4.78 is 6.75. The number of nitrogens with zero attached hydrogens (tertiary/aromatic N) is 3. The van der Waals surface area contributed by atoms with Crippen LogP contribution in [0.3, 0.4) is 0 Å². The van der Waals surface area contributed by atoms with Crippen LogP contribution in [-0.4, -0.2) is 32.9 Å². The van der Waals surface area contributed by atoms with Gasteiger partial charge in [0, 0.05) is 5.69 Å². The molecule has 0 saturated heterocycles. The van der Waals surface area contributed by atoms with Crippen LogP contribution in [0.1, 0.15) is 34.6 Å². The van der Waals surface area contributed by atoms with Crippen molar-refractivity contribution >= 4 is 5.91 Å². The number of hydrogen-bond donors (Lipinski definition) is 2. The SMILES string of the molecule is COc1ccc(-n2c(C(N)=O)nnc2-c2ccc3c(c2O)CCCC3)cc1. The van der Waals surface area contributed by atoms with Crippen LogP contribution >= 0.6 is 0 Å². The van der Waals surface area contributed by atoms with Gasteiger partial charge < -0.3 is 15.6 Å². The number of primary amides is 1. The number of rotatable bonds is 4. The molecule has 138 valence electrons. The second kappa shape index (κ2) is 6.75. The van der Waals surface area contributed by atoms with E-state index in [1.165, 1.54) is 0 Å². The summed E-state index contributed by atoms with van der Waals surface area (Å²) in [5.74, 6) is 0.574. The Balaban J connectivity index is 1.90. The van der Waals surface area contributed by atoms with Crippen LogP contribution in [0.15, 0.2) is 36.4 Å². The minimum Gasteiger partial charge on any atom is -0.507 e. The van der Waals surface area contributed by atoms with Crippen molar-refractivity contribution in [2.24, 2.45) is 5.73 Å². The Hall–Kier alpha value is -3.35. The van der Waals surface area contributed by atoms with Crippen molar-refractivity contribution in [1.29, 1.82) is 0 Å². The second-order valence-corrected chi connectivity index (χ2v) is 6.55. The maximum absolute atomic E-state index is 11.9. The Morgan fingerprint density at radius 3 is 2.56 bits per heavy atom. The van der Waals surface area contributed by atoms with Gasteiger partial charge in [0.15, 0.2) is 5.82 Å². The number of amides is 1. The number of carbonyl (C=O) groups excluding carboxylic acids is 1. The number of phenols is 1. The summed E-state index contributed by atoms with van der Waals surface area (Å²) in [6.45, 7) is 0. The van der Waals surface area contributed by atoms with Crippen LogP contribution in [-0.2, 0) is 12.8 Å². The van der Waals surface area contributed by atoms with Gasteiger partial charge in [-0.2, -0.15) is 0 Å². The summed E-state index contributed by atoms with van der Waals surface area (Å²) in [6.07, 6.45) is 3.95. The molecular formula is C20H20N4O3. The van der Waals surface area contributed by atoms with Crippen LogP contribution in [0.2, 0.25) is 0 Å². The molecule has 0 radical (unpaired) electrons. The van der Waals surface area contributed by atoms with Crippen LogP contribution in [0.5, 0.6) is 11.5 Å². The Morgan fingerprint density at radius 1 is 1.11 bits per heavy atom. The lowest BCUT2D eigenvalue weighted by atomic mass is 9.89. The van der Waals surface area contributed by atoms with Gasteiger partial charge in [0.1, 0.15) is 11.5 Å². The number of aryl methyl sites for hydroxylation is 1. The largest absolute Gasteiger partial charge is 0.507 e. The number of benzene rings is 2. The lowest BCUT2D eigenvalue weighted by Crippen LogP contribution is -2.18. The van der Waals surface area contributed by atoms with Gasteiger partial charge >= 0.3 is 0 Å². The zero-order chi connectivity index (χ0) is 19.0. The molecule has 1 heterocycles. The highest BCUT2D eigenvalue weighted by atomic mass is 16.5. The van der Waals surface area contributed by atoms with Crippen LogP contribution in [0.4, 0.5) is 0 Å². The van der Waals surface area contributed by atoms with E-state index >= 15 is 0 Å². The summed E-state index contributed by atoms with van der Waals surface area (Å²) in [5, 5.41) is 19.0. The van der Waals surface area contributed by atoms with E-state index < -0.39 is 5.91 Å². The quantitative estimate of drug-likeness (QED) is 0.741. The molecule has 27 heavy (non-hydrogen) atoms. The van der Waals surface area contributed by atoms with E-state index in [-0.39, 0.29) is 11.6 Å². The summed E-state index contributed by atoms with van der Waals surface area (Å²) in [4.78, 5) is 11.9. The smallest absolute Gasteiger partial charge is 0.287 e. The molecule has 1 amide bonds. The average molecular weight is 364 g/mol. The average Bonchev–Trinajstić information content (AvgIpc) is 3.14. The van der Waals surface area contributed by atoms with Crippen molar-refractivity contribution in [1.82, 2.24) is 14.8 Å². The van der Waals surface area contributed by atoms with Crippen molar-refractivity contribution in [3.63, 3.8) is 0 Å². The lowest BCUT2D eigenvalue weighted by Gasteiger charge is -2.19. The number of carbonyl (C=O) groups is 1. The van der Waals surface area contributed by atoms with Gasteiger partial charge in [-0.15, -0.1) is 10.2 Å². The van der Waals surface area contributed by atoms with Crippen molar-refractivity contribution in [2.75, 3.05) is 7.11 Å².